The van der Waals surface area contributed by atoms with Gasteiger partial charge in [0.25, 0.3) is 5.91 Å². The summed E-state index contributed by atoms with van der Waals surface area (Å²) in [7, 11) is 0. The van der Waals surface area contributed by atoms with Gasteiger partial charge in [0.2, 0.25) is 5.91 Å². The van der Waals surface area contributed by atoms with Gasteiger partial charge in [0.05, 0.1) is 6.04 Å². The van der Waals surface area contributed by atoms with E-state index in [2.05, 4.69) is 24.1 Å². The maximum absolute atomic E-state index is 14.2. The van der Waals surface area contributed by atoms with Crippen molar-refractivity contribution in [2.75, 3.05) is 39.3 Å². The summed E-state index contributed by atoms with van der Waals surface area (Å²) in [6.07, 6.45) is 9.57. The van der Waals surface area contributed by atoms with Crippen LogP contribution in [0.3, 0.4) is 0 Å². The molecule has 8 nitrogen and oxygen atoms in total. The van der Waals surface area contributed by atoms with E-state index in [1.165, 1.54) is 19.3 Å². The van der Waals surface area contributed by atoms with Crippen LogP contribution in [0.25, 0.3) is 0 Å². The Balaban J connectivity index is 1.23. The molecule has 2 aromatic rings. The smallest absolute Gasteiger partial charge is 0.320 e. The largest absolute Gasteiger partial charge is 0.341 e. The Morgan fingerprint density at radius 2 is 1.37 bits per heavy atom. The normalized spacial score (nSPS) is 19.1. The highest BCUT2D eigenvalue weighted by Crippen LogP contribution is 2.29. The summed E-state index contributed by atoms with van der Waals surface area (Å²) >= 11 is 6.17. The first-order valence-corrected chi connectivity index (χ1v) is 18.0. The molecule has 3 fully saturated rings. The van der Waals surface area contributed by atoms with E-state index in [4.69, 9.17) is 11.6 Å². The van der Waals surface area contributed by atoms with Crippen LogP contribution in [0.4, 0.5) is 4.79 Å². The monoisotopic (exact) mass is 649 g/mol. The van der Waals surface area contributed by atoms with Crippen LogP contribution in [0.1, 0.15) is 87.6 Å². The number of benzene rings is 2. The summed E-state index contributed by atoms with van der Waals surface area (Å²) in [5, 5.41) is 4.40. The third-order valence-corrected chi connectivity index (χ3v) is 10.5. The molecule has 46 heavy (non-hydrogen) atoms. The number of nitrogens with zero attached hydrogens (tertiary/aromatic N) is 4. The first kappa shape index (κ1) is 34.2. The topological polar surface area (TPSA) is 76.2 Å². The fraction of sp³-hybridized carbons (Fsp3) is 0.595. The first-order valence-electron chi connectivity index (χ1n) is 17.6. The Labute approximate surface area is 280 Å². The minimum Gasteiger partial charge on any atom is -0.341 e. The summed E-state index contributed by atoms with van der Waals surface area (Å²) in [5.74, 6) is 0.188. The molecule has 2 aliphatic heterocycles. The van der Waals surface area contributed by atoms with Gasteiger partial charge in [0.15, 0.2) is 0 Å². The molecule has 2 saturated heterocycles. The second-order valence-electron chi connectivity index (χ2n) is 13.2. The fourth-order valence-corrected chi connectivity index (χ4v) is 7.71. The molecule has 0 bridgehead atoms. The van der Waals surface area contributed by atoms with Gasteiger partial charge in [-0.05, 0) is 88.6 Å². The molecule has 250 valence electrons. The molecule has 3 aliphatic rings. The van der Waals surface area contributed by atoms with Crippen molar-refractivity contribution in [3.05, 3.63) is 70.7 Å². The summed E-state index contributed by atoms with van der Waals surface area (Å²) < 4.78 is 0. The second kappa shape index (κ2) is 16.6. The van der Waals surface area contributed by atoms with E-state index in [-0.39, 0.29) is 36.0 Å². The van der Waals surface area contributed by atoms with Crippen LogP contribution in [0.5, 0.6) is 0 Å². The Kier molecular flexibility index (Phi) is 12.4. The number of nitrogens with one attached hydrogen (secondary N) is 1. The lowest BCUT2D eigenvalue weighted by molar-refractivity contribution is -0.135. The van der Waals surface area contributed by atoms with Crippen LogP contribution in [0.2, 0.25) is 5.02 Å². The van der Waals surface area contributed by atoms with Crippen molar-refractivity contribution in [2.45, 2.75) is 102 Å². The van der Waals surface area contributed by atoms with Gasteiger partial charge in [0.1, 0.15) is 0 Å². The Morgan fingerprint density at radius 1 is 0.783 bits per heavy atom. The molecule has 5 rings (SSSR count). The van der Waals surface area contributed by atoms with Crippen molar-refractivity contribution in [3.63, 3.8) is 0 Å². The van der Waals surface area contributed by atoms with Crippen molar-refractivity contribution < 1.29 is 14.4 Å². The summed E-state index contributed by atoms with van der Waals surface area (Å²) in [6, 6.07) is 17.6. The predicted octanol–water partition coefficient (Wildman–Crippen LogP) is 6.23. The van der Waals surface area contributed by atoms with Gasteiger partial charge in [-0.2, -0.15) is 0 Å². The standard InChI is InChI=1S/C37H52ClN5O3/c1-3-40(4-2)37(46)43(32-13-9-6-10-14-32)33-21-25-42(26-22-33)36(45)34(27-28-15-17-30(38)18-16-28)39-31-19-23-41(24-20-31)35(44)29-11-7-5-8-12-29/h5,7-8,11-12,15-18,31-34,39H,3-4,6,9-10,13-14,19-27H2,1-2H3/t34-/m1/s1. The number of rotatable bonds is 10. The first-order chi connectivity index (χ1) is 22.4. The summed E-state index contributed by atoms with van der Waals surface area (Å²) in [5.41, 5.74) is 1.78. The van der Waals surface area contributed by atoms with Crippen molar-refractivity contribution >= 4 is 29.4 Å². The van der Waals surface area contributed by atoms with E-state index < -0.39 is 0 Å². The molecular formula is C37H52ClN5O3. The van der Waals surface area contributed by atoms with E-state index in [1.54, 1.807) is 0 Å². The van der Waals surface area contributed by atoms with Crippen LogP contribution in [0, 0.1) is 0 Å². The van der Waals surface area contributed by atoms with Crippen molar-refractivity contribution in [2.24, 2.45) is 0 Å². The van der Waals surface area contributed by atoms with Crippen molar-refractivity contribution in [3.8, 4) is 0 Å². The average molecular weight is 650 g/mol. The van der Waals surface area contributed by atoms with Crippen LogP contribution < -0.4 is 5.32 Å². The maximum Gasteiger partial charge on any atom is 0.320 e. The van der Waals surface area contributed by atoms with Gasteiger partial charge in [-0.25, -0.2) is 4.79 Å². The predicted molar refractivity (Wildman–Crippen MR) is 184 cm³/mol. The van der Waals surface area contributed by atoms with Gasteiger partial charge in [-0.1, -0.05) is 61.2 Å². The number of urea groups is 1. The lowest BCUT2D eigenvalue weighted by Crippen LogP contribution is -2.59. The molecule has 4 amide bonds. The van der Waals surface area contributed by atoms with Crippen LogP contribution in [0.15, 0.2) is 54.6 Å². The van der Waals surface area contributed by atoms with Crippen LogP contribution >= 0.6 is 11.6 Å². The van der Waals surface area contributed by atoms with Gasteiger partial charge in [-0.3, -0.25) is 9.59 Å². The molecule has 2 heterocycles. The summed E-state index contributed by atoms with van der Waals surface area (Å²) in [4.78, 5) is 49.1. The highest BCUT2D eigenvalue weighted by Gasteiger charge is 2.38. The van der Waals surface area contributed by atoms with Gasteiger partial charge in [-0.15, -0.1) is 0 Å². The number of hydrogen-bond acceptors (Lipinski definition) is 4. The van der Waals surface area contributed by atoms with Gasteiger partial charge in [0, 0.05) is 68.0 Å². The average Bonchev–Trinajstić information content (AvgIpc) is 3.10. The van der Waals surface area contributed by atoms with Crippen molar-refractivity contribution in [1.29, 1.82) is 0 Å². The van der Waals surface area contributed by atoms with E-state index >= 15 is 0 Å². The van der Waals surface area contributed by atoms with Crippen LogP contribution in [-0.4, -0.2) is 101 Å². The second-order valence-corrected chi connectivity index (χ2v) is 13.6. The number of carbonyl (C=O) groups excluding carboxylic acids is 3. The zero-order valence-corrected chi connectivity index (χ0v) is 28.5. The number of likely N-dealkylation sites (tertiary alicyclic amines) is 2. The minimum atomic E-state index is -0.370. The Bertz CT molecular complexity index is 1270. The molecule has 0 aromatic heterocycles. The summed E-state index contributed by atoms with van der Waals surface area (Å²) in [6.45, 7) is 8.18. The number of carbonyl (C=O) groups is 3. The van der Waals surface area contributed by atoms with Gasteiger partial charge < -0.3 is 24.9 Å². The Morgan fingerprint density at radius 3 is 1.98 bits per heavy atom. The third-order valence-electron chi connectivity index (χ3n) is 10.3. The zero-order valence-electron chi connectivity index (χ0n) is 27.7. The number of hydrogen-bond donors (Lipinski definition) is 1. The molecule has 2 aromatic carbocycles. The molecular weight excluding hydrogens is 598 g/mol. The molecule has 1 aliphatic carbocycles. The fourth-order valence-electron chi connectivity index (χ4n) is 7.58. The maximum atomic E-state index is 14.2. The molecule has 0 radical (unpaired) electrons. The molecule has 0 spiro atoms. The van der Waals surface area contributed by atoms with Crippen LogP contribution in [-0.2, 0) is 11.2 Å². The SMILES string of the molecule is CCN(CC)C(=O)N(C1CCCCC1)C1CCN(C(=O)[C@@H](Cc2ccc(Cl)cc2)NC2CCN(C(=O)c3ccccc3)CC2)CC1. The van der Waals surface area contributed by atoms with E-state index in [0.29, 0.717) is 62.3 Å². The van der Waals surface area contributed by atoms with Crippen molar-refractivity contribution in [1.82, 2.24) is 24.9 Å². The Hall–Kier alpha value is -3.10. The highest BCUT2D eigenvalue weighted by molar-refractivity contribution is 6.30. The molecule has 0 unspecified atom stereocenters. The van der Waals surface area contributed by atoms with E-state index in [9.17, 15) is 14.4 Å². The molecule has 1 saturated carbocycles. The minimum absolute atomic E-state index is 0.0671. The lowest BCUT2D eigenvalue weighted by atomic mass is 9.91. The number of amides is 4. The molecule has 1 N–H and O–H groups in total. The number of halogens is 1. The molecule has 1 atom stereocenters. The quantitative estimate of drug-likeness (QED) is 0.331. The van der Waals surface area contributed by atoms with E-state index in [1.807, 2.05) is 69.3 Å². The lowest BCUT2D eigenvalue weighted by Gasteiger charge is -2.45. The molecule has 9 heteroatoms. The van der Waals surface area contributed by atoms with Gasteiger partial charge >= 0.3 is 6.03 Å². The zero-order chi connectivity index (χ0) is 32.5. The third kappa shape index (κ3) is 8.62. The number of piperidine rings is 2. The van der Waals surface area contributed by atoms with E-state index in [0.717, 1.165) is 44.1 Å². The highest BCUT2D eigenvalue weighted by atomic mass is 35.5.